The predicted octanol–water partition coefficient (Wildman–Crippen LogP) is 1.04. The first kappa shape index (κ1) is 5.68. The van der Waals surface area contributed by atoms with Crippen LogP contribution in [0.4, 0.5) is 0 Å². The molecule has 0 aliphatic heterocycles. The van der Waals surface area contributed by atoms with Crippen molar-refractivity contribution in [3.63, 3.8) is 0 Å². The van der Waals surface area contributed by atoms with Crippen LogP contribution in [0.25, 0.3) is 0 Å². The van der Waals surface area contributed by atoms with Gasteiger partial charge in [0.25, 0.3) is 0 Å². The quantitative estimate of drug-likeness (QED) is 0.257. The molecule has 30 valence electrons. The van der Waals surface area contributed by atoms with Crippen LogP contribution < -0.4 is 0 Å². The summed E-state index contributed by atoms with van der Waals surface area (Å²) in [7, 11) is 0.157. The topological polar surface area (TPSA) is 0 Å². The molecule has 0 aliphatic rings. The van der Waals surface area contributed by atoms with Crippen LogP contribution in [0.5, 0.6) is 0 Å². The first-order chi connectivity index (χ1) is 2.27. The number of rotatable bonds is 0. The summed E-state index contributed by atoms with van der Waals surface area (Å²) < 4.78 is 0. The van der Waals surface area contributed by atoms with Gasteiger partial charge in [-0.15, -0.1) is 17.8 Å². The van der Waals surface area contributed by atoms with Crippen molar-refractivity contribution in [2.45, 2.75) is 0 Å². The summed E-state index contributed by atoms with van der Waals surface area (Å²) in [6, 6.07) is 0. The van der Waals surface area contributed by atoms with E-state index in [9.17, 15) is 0 Å². The van der Waals surface area contributed by atoms with Crippen molar-refractivity contribution < 1.29 is 0 Å². The molecule has 3 heteroatoms. The molecule has 0 amide bonds. The molecule has 0 spiro atoms. The van der Waals surface area contributed by atoms with E-state index in [4.69, 9.17) is 11.1 Å². The van der Waals surface area contributed by atoms with Crippen molar-refractivity contribution in [3.05, 3.63) is 0 Å². The zero-order valence-corrected chi connectivity index (χ0v) is 5.91. The Balaban J connectivity index is 3.62. The zero-order valence-electron chi connectivity index (χ0n) is 3.11. The Kier molecular flexibility index (Phi) is 3.28. The second-order valence-electron chi connectivity index (χ2n) is 0.855. The van der Waals surface area contributed by atoms with E-state index in [2.05, 4.69) is 13.0 Å². The maximum atomic E-state index is 5.39. The maximum absolute atomic E-state index is 5.39. The molecular formula is C2H6ClPSi. The van der Waals surface area contributed by atoms with Gasteiger partial charge >= 0.3 is 0 Å². The van der Waals surface area contributed by atoms with Crippen molar-refractivity contribution in [2.75, 3.05) is 6.66 Å². The van der Waals surface area contributed by atoms with Crippen LogP contribution in [0.3, 0.4) is 0 Å². The van der Waals surface area contributed by atoms with Crippen molar-refractivity contribution in [3.8, 4) is 0 Å². The van der Waals surface area contributed by atoms with Gasteiger partial charge < -0.3 is 0 Å². The van der Waals surface area contributed by atoms with Crippen LogP contribution in [0.15, 0.2) is 0 Å². The first-order valence-electron chi connectivity index (χ1n) is 1.24. The molecule has 5 heavy (non-hydrogen) atoms. The predicted molar refractivity (Wildman–Crippen MR) is 33.0 cm³/mol. The molecule has 0 aromatic rings. The summed E-state index contributed by atoms with van der Waals surface area (Å²) in [4.78, 5) is 0. The molecule has 1 atom stereocenters. The van der Waals surface area contributed by atoms with E-state index in [1.165, 1.54) is 0 Å². The fraction of sp³-hybridized carbons (Fsp3) is 0.500. The summed E-state index contributed by atoms with van der Waals surface area (Å²) in [6.45, 7) is 2.08. The van der Waals surface area contributed by atoms with E-state index in [1.807, 2.05) is 0 Å². The van der Waals surface area contributed by atoms with Crippen LogP contribution in [0.2, 0.25) is 0 Å². The summed E-state index contributed by atoms with van der Waals surface area (Å²) >= 11 is 5.39. The second-order valence-corrected chi connectivity index (χ2v) is 7.55. The third-order valence-electron chi connectivity index (χ3n) is 0.167. The second kappa shape index (κ2) is 2.89. The van der Waals surface area contributed by atoms with E-state index in [-0.39, 0.29) is 14.8 Å². The molecular weight excluding hydrogens is 119 g/mol. The van der Waals surface area contributed by atoms with Gasteiger partial charge in [-0.3, -0.25) is 0 Å². The van der Waals surface area contributed by atoms with E-state index < -0.39 is 0 Å². The molecule has 1 unspecified atom stereocenters. The van der Waals surface area contributed by atoms with Crippen LogP contribution in [0, 0.1) is 0 Å². The Labute approximate surface area is 39.5 Å². The van der Waals surface area contributed by atoms with Gasteiger partial charge in [0.1, 0.15) is 8.08 Å². The normalized spacial score (nSPS) is 12.0. The molecule has 0 rings (SSSR count). The lowest BCUT2D eigenvalue weighted by Crippen LogP contribution is -1.39. The van der Waals surface area contributed by atoms with Gasteiger partial charge in [0.05, 0.1) is 0 Å². The third-order valence-corrected chi connectivity index (χ3v) is 4.50. The standard InChI is InChI=1S/C2H6ClPSi/c1-4(2)5-3/h5H,1H2,2H3. The minimum atomic E-state index is 0.000514. The van der Waals surface area contributed by atoms with Gasteiger partial charge in [-0.05, 0) is 6.66 Å². The minimum absolute atomic E-state index is 0.000514. The highest BCUT2D eigenvalue weighted by atomic mass is 35.6. The van der Waals surface area contributed by atoms with E-state index in [0.29, 0.717) is 0 Å². The Morgan fingerprint density at radius 1 is 2.00 bits per heavy atom. The molecule has 0 saturated carbocycles. The van der Waals surface area contributed by atoms with E-state index in [0.717, 1.165) is 0 Å². The molecule has 0 radical (unpaired) electrons. The highest BCUT2D eigenvalue weighted by Gasteiger charge is 1.50. The fourth-order valence-corrected chi connectivity index (χ4v) is 0. The van der Waals surface area contributed by atoms with Gasteiger partial charge in [-0.25, -0.2) is 0 Å². The van der Waals surface area contributed by atoms with Crippen molar-refractivity contribution in [1.29, 1.82) is 0 Å². The molecule has 0 aromatic carbocycles. The highest BCUT2D eigenvalue weighted by molar-refractivity contribution is 7.68. The number of hydrogen-bond donors (Lipinski definition) is 0. The molecule has 0 saturated heterocycles. The Bertz CT molecular complexity index is 81.6. The van der Waals surface area contributed by atoms with Crippen molar-refractivity contribution >= 4 is 32.1 Å². The zero-order chi connectivity index (χ0) is 4.28. The minimum Gasteiger partial charge on any atom is -0.147 e. The lowest BCUT2D eigenvalue weighted by atomic mass is 11.9. The lowest BCUT2D eigenvalue weighted by Gasteiger charge is -1.60. The van der Waals surface area contributed by atoms with Crippen molar-refractivity contribution in [1.82, 2.24) is 0 Å². The number of hydrogen-bond acceptors (Lipinski definition) is 0. The van der Waals surface area contributed by atoms with Gasteiger partial charge in [0, 0.05) is 0 Å². The Morgan fingerprint density at radius 3 is 2.20 bits per heavy atom. The van der Waals surface area contributed by atoms with Crippen LogP contribution >= 0.6 is 17.8 Å². The Morgan fingerprint density at radius 2 is 2.20 bits per heavy atom. The number of halogens is 1. The summed E-state index contributed by atoms with van der Waals surface area (Å²) in [5.41, 5.74) is 0. The van der Waals surface area contributed by atoms with Gasteiger partial charge in [-0.2, -0.15) is 0 Å². The van der Waals surface area contributed by atoms with Gasteiger partial charge in [0.2, 0.25) is 0 Å². The summed E-state index contributed by atoms with van der Waals surface area (Å²) in [5, 5.41) is 0. The molecule has 0 nitrogen and oxygen atoms in total. The smallest absolute Gasteiger partial charge is 0.132 e. The SMILES string of the molecule is C=P(C)=[SiH]Cl. The largest absolute Gasteiger partial charge is 0.147 e. The highest BCUT2D eigenvalue weighted by Crippen LogP contribution is 1.91. The summed E-state index contributed by atoms with van der Waals surface area (Å²) in [6.07, 6.45) is 3.73. The monoisotopic (exact) mass is 124 g/mol. The van der Waals surface area contributed by atoms with Crippen LogP contribution in [-0.4, -0.2) is 21.0 Å². The third kappa shape index (κ3) is 4.68. The fourth-order valence-electron chi connectivity index (χ4n) is 0. The maximum Gasteiger partial charge on any atom is 0.132 e. The van der Waals surface area contributed by atoms with Crippen LogP contribution in [-0.2, 0) is 0 Å². The molecule has 0 bridgehead atoms. The molecule has 0 heterocycles. The molecule has 0 fully saturated rings. The summed E-state index contributed by atoms with van der Waals surface area (Å²) in [5.74, 6) is 0. The van der Waals surface area contributed by atoms with Crippen LogP contribution in [0.1, 0.15) is 0 Å². The average molecular weight is 125 g/mol. The lowest BCUT2D eigenvalue weighted by molar-refractivity contribution is 2.51. The van der Waals surface area contributed by atoms with Gasteiger partial charge in [0.15, 0.2) is 0 Å². The molecule has 0 aromatic heterocycles. The van der Waals surface area contributed by atoms with E-state index >= 15 is 0 Å². The first-order valence-corrected chi connectivity index (χ1v) is 6.58. The van der Waals surface area contributed by atoms with Gasteiger partial charge in [-0.1, -0.05) is 6.30 Å². The van der Waals surface area contributed by atoms with E-state index in [1.54, 1.807) is 0 Å². The molecule has 0 N–H and O–H groups in total. The average Bonchev–Trinajstić information content (AvgIpc) is 1.38. The Hall–Kier alpha value is 0.677. The molecule has 0 aliphatic carbocycles. The van der Waals surface area contributed by atoms with Crippen molar-refractivity contribution in [2.24, 2.45) is 0 Å².